The van der Waals surface area contributed by atoms with Gasteiger partial charge in [0, 0.05) is 27.8 Å². The number of benzene rings is 3. The molecule has 0 saturated carbocycles. The van der Waals surface area contributed by atoms with Crippen LogP contribution >= 0.6 is 0 Å². The number of furan rings is 1. The Morgan fingerprint density at radius 3 is 2.12 bits per heavy atom. The van der Waals surface area contributed by atoms with E-state index in [-0.39, 0.29) is 30.9 Å². The largest absolute Gasteiger partial charge is 3.00 e. The van der Waals surface area contributed by atoms with Crippen LogP contribution in [0.1, 0.15) is 71.2 Å². The van der Waals surface area contributed by atoms with Gasteiger partial charge in [-0.1, -0.05) is 102 Å². The quantitative estimate of drug-likeness (QED) is 0.0944. The molecule has 3 heterocycles. The second-order valence-corrected chi connectivity index (χ2v) is 13.7. The van der Waals surface area contributed by atoms with Crippen LogP contribution in [0.25, 0.3) is 27.5 Å². The molecule has 0 bridgehead atoms. The monoisotopic (exact) mass is 840 g/mol. The van der Waals surface area contributed by atoms with Crippen LogP contribution in [-0.2, 0) is 30.9 Å². The van der Waals surface area contributed by atoms with Crippen molar-refractivity contribution in [3.05, 3.63) is 146 Å². The summed E-state index contributed by atoms with van der Waals surface area (Å²) in [5.41, 5.74) is 5.33. The predicted octanol–water partition coefficient (Wildman–Crippen LogP) is 10.7. The summed E-state index contributed by atoms with van der Waals surface area (Å²) >= 11 is 0. The molecule has 0 amide bonds. The number of aliphatic imine (C=N–C) groups is 1. The Morgan fingerprint density at radius 2 is 1.50 bits per heavy atom. The minimum Gasteiger partial charge on any atom is -0.468 e. The maximum absolute atomic E-state index is 6.07. The van der Waals surface area contributed by atoms with Gasteiger partial charge in [0.05, 0.1) is 5.58 Å². The van der Waals surface area contributed by atoms with Gasteiger partial charge in [-0.25, -0.2) is 9.97 Å². The topological polar surface area (TPSA) is 80.3 Å². The molecule has 0 aliphatic heterocycles. The Kier molecular flexibility index (Phi) is 12.2. The number of hydrogen-bond acceptors (Lipinski definition) is 7. The zero-order chi connectivity index (χ0) is 35.2. The minimum absolute atomic E-state index is 0. The number of rotatable bonds is 6. The van der Waals surface area contributed by atoms with Gasteiger partial charge in [-0.05, 0) is 18.2 Å². The van der Waals surface area contributed by atoms with Crippen molar-refractivity contribution in [2.24, 2.45) is 4.99 Å². The number of hydrogen-bond donors (Lipinski definition) is 0. The third kappa shape index (κ3) is 8.75. The summed E-state index contributed by atoms with van der Waals surface area (Å²) in [6.45, 7) is 18.9. The molecule has 0 aliphatic carbocycles. The maximum atomic E-state index is 6.07. The van der Waals surface area contributed by atoms with Crippen LogP contribution in [0, 0.1) is 20.0 Å². The second kappa shape index (κ2) is 16.1. The molecule has 6 rings (SSSR count). The first-order valence-corrected chi connectivity index (χ1v) is 16.2. The molecule has 8 heteroatoms. The first-order chi connectivity index (χ1) is 23.4. The molecule has 0 radical (unpaired) electrons. The van der Waals surface area contributed by atoms with E-state index in [0.717, 1.165) is 61.8 Å². The molecule has 6 aromatic rings. The number of pyridine rings is 1. The molecule has 0 aliphatic rings. The fourth-order valence-corrected chi connectivity index (χ4v) is 5.13. The Bertz CT molecular complexity index is 2050. The number of allylic oxidation sites excluding steroid dienone is 4. The summed E-state index contributed by atoms with van der Waals surface area (Å²) in [6.07, 6.45) is 9.22. The molecule has 0 N–H and O–H groups in total. The normalized spacial score (nSPS) is 12.3. The van der Waals surface area contributed by atoms with Gasteiger partial charge in [-0.15, -0.1) is 24.4 Å². The summed E-state index contributed by atoms with van der Waals surface area (Å²) in [5.74, 6) is 2.82. The molecule has 0 saturated heterocycles. The van der Waals surface area contributed by atoms with Crippen molar-refractivity contribution in [1.29, 1.82) is 0 Å². The van der Waals surface area contributed by atoms with Crippen molar-refractivity contribution >= 4 is 51.2 Å². The molecular weight excluding hydrogens is 797 g/mol. The third-order valence-corrected chi connectivity index (χ3v) is 7.65. The second-order valence-electron chi connectivity index (χ2n) is 13.7. The third-order valence-electron chi connectivity index (χ3n) is 7.65. The molecule has 0 spiro atoms. The Hall–Kier alpha value is -5.04. The smallest absolute Gasteiger partial charge is 0.468 e. The molecule has 0 atom stereocenters. The molecule has 0 unspecified atom stereocenters. The number of fused-ring (bicyclic) bond motifs is 3. The van der Waals surface area contributed by atoms with Crippen molar-refractivity contribution in [1.82, 2.24) is 19.9 Å². The van der Waals surface area contributed by atoms with Gasteiger partial charge in [0.25, 0.3) is 0 Å². The minimum atomic E-state index is -0.201. The summed E-state index contributed by atoms with van der Waals surface area (Å²) in [4.78, 5) is 24.5. The number of anilines is 3. The van der Waals surface area contributed by atoms with Crippen molar-refractivity contribution in [2.45, 2.75) is 59.3 Å². The van der Waals surface area contributed by atoms with E-state index >= 15 is 0 Å². The standard InChI is InChI=1S/C22H26N5.C20H17NO.Ir/c1-21(2,3)18-24-19(22(4,5)6)26-20(25-18)27(16-12-8-7-9-13-16)17-14-10-11-15-23-17;1-14(8-6-7-13-21-3)19-15(2)11-12-17-16-9-4-5-10-18(16)22-20(17)19;/h7-12,14-15H,1-6H3;4-13H,2-3H2,1H3;/q-1;-2;+3/b;7-6-,14-8+,21-13?;. The van der Waals surface area contributed by atoms with Crippen molar-refractivity contribution in [3.63, 3.8) is 0 Å². The van der Waals surface area contributed by atoms with Crippen LogP contribution in [0.5, 0.6) is 0 Å². The Labute approximate surface area is 309 Å². The van der Waals surface area contributed by atoms with Gasteiger partial charge in [0.1, 0.15) is 23.0 Å². The van der Waals surface area contributed by atoms with E-state index in [1.54, 1.807) is 12.4 Å². The van der Waals surface area contributed by atoms with Gasteiger partial charge >= 0.3 is 20.1 Å². The van der Waals surface area contributed by atoms with Crippen molar-refractivity contribution < 1.29 is 24.5 Å². The van der Waals surface area contributed by atoms with Gasteiger partial charge < -0.3 is 9.41 Å². The van der Waals surface area contributed by atoms with Crippen molar-refractivity contribution in [3.8, 4) is 0 Å². The van der Waals surface area contributed by atoms with E-state index in [2.05, 4.69) is 90.6 Å². The summed E-state index contributed by atoms with van der Waals surface area (Å²) in [7, 11) is 3.41. The van der Waals surface area contributed by atoms with Gasteiger partial charge in [0.2, 0.25) is 5.95 Å². The van der Waals surface area contributed by atoms with Crippen LogP contribution in [0.3, 0.4) is 0 Å². The van der Waals surface area contributed by atoms with Crippen LogP contribution in [0.2, 0.25) is 0 Å². The maximum Gasteiger partial charge on any atom is 3.00 e. The molecule has 3 aromatic heterocycles. The fraction of sp³-hybridized carbons (Fsp3) is 0.214. The number of para-hydroxylation sites is 2. The first-order valence-electron chi connectivity index (χ1n) is 16.2. The average Bonchev–Trinajstić information content (AvgIpc) is 3.45. The van der Waals surface area contributed by atoms with E-state index in [1.807, 2.05) is 89.9 Å². The van der Waals surface area contributed by atoms with Crippen LogP contribution in [0.4, 0.5) is 17.5 Å². The van der Waals surface area contributed by atoms with Crippen LogP contribution < -0.4 is 4.90 Å². The average molecular weight is 840 g/mol. The van der Waals surface area contributed by atoms with Crippen LogP contribution in [0.15, 0.2) is 113 Å². The molecule has 256 valence electrons. The van der Waals surface area contributed by atoms with Crippen molar-refractivity contribution in [2.75, 3.05) is 4.90 Å². The van der Waals surface area contributed by atoms with E-state index in [1.165, 1.54) is 0 Å². The summed E-state index contributed by atoms with van der Waals surface area (Å²) in [6, 6.07) is 29.0. The summed E-state index contributed by atoms with van der Waals surface area (Å²) < 4.78 is 6.07. The van der Waals surface area contributed by atoms with Gasteiger partial charge in [0.15, 0.2) is 0 Å². The molecule has 3 aromatic carbocycles. The number of nitrogens with zero attached hydrogens (tertiary/aromatic N) is 6. The predicted molar refractivity (Wildman–Crippen MR) is 203 cm³/mol. The Balaban J connectivity index is 0.000000225. The van der Waals surface area contributed by atoms with E-state index in [4.69, 9.17) is 19.4 Å². The van der Waals surface area contributed by atoms with Gasteiger partial charge in [-0.3, -0.25) is 4.90 Å². The first kappa shape index (κ1) is 37.8. The summed E-state index contributed by atoms with van der Waals surface area (Å²) in [5, 5.41) is 2.25. The zero-order valence-electron chi connectivity index (χ0n) is 29.7. The molecule has 50 heavy (non-hydrogen) atoms. The SMILES string of the molecule is CC(C)(C)c1nc(N(c2[c-]cccc2)c2ccccn2)nc(C(C)(C)C)n1.[CH2-]N=C/C=C\C=C(/C)c1c([CH2-])ccc2c1oc1ccccc12.[Ir+3]. The Morgan fingerprint density at radius 1 is 0.820 bits per heavy atom. The molecular formula is C42H43IrN6O. The van der Waals surface area contributed by atoms with E-state index in [9.17, 15) is 0 Å². The zero-order valence-corrected chi connectivity index (χ0v) is 32.1. The number of aromatic nitrogens is 4. The van der Waals surface area contributed by atoms with E-state index in [0.29, 0.717) is 5.95 Å². The van der Waals surface area contributed by atoms with E-state index < -0.39 is 0 Å². The van der Waals surface area contributed by atoms with Gasteiger partial charge in [-0.2, -0.15) is 59.8 Å². The fourth-order valence-electron chi connectivity index (χ4n) is 5.13. The van der Waals surface area contributed by atoms with Crippen LogP contribution in [-0.4, -0.2) is 26.2 Å². The molecule has 0 fully saturated rings. The molecule has 7 nitrogen and oxygen atoms in total.